The van der Waals surface area contributed by atoms with Crippen molar-refractivity contribution in [3.63, 3.8) is 0 Å². The van der Waals surface area contributed by atoms with Gasteiger partial charge in [-0.3, -0.25) is 4.79 Å². The van der Waals surface area contributed by atoms with Crippen LogP contribution in [0.1, 0.15) is 31.4 Å². The summed E-state index contributed by atoms with van der Waals surface area (Å²) in [6, 6.07) is 9.75. The van der Waals surface area contributed by atoms with Crippen molar-refractivity contribution in [1.82, 2.24) is 24.6 Å². The van der Waals surface area contributed by atoms with E-state index in [-0.39, 0.29) is 5.91 Å². The molecule has 7 heteroatoms. The molecule has 1 aliphatic heterocycles. The summed E-state index contributed by atoms with van der Waals surface area (Å²) < 4.78 is 7.69. The summed E-state index contributed by atoms with van der Waals surface area (Å²) in [5.74, 6) is 1.29. The quantitative estimate of drug-likeness (QED) is 0.695. The van der Waals surface area contributed by atoms with Crippen LogP contribution in [-0.4, -0.2) is 50.3 Å². The molecule has 0 N–H and O–H groups in total. The number of aromatic nitrogens is 4. The summed E-state index contributed by atoms with van der Waals surface area (Å²) in [5.41, 5.74) is 2.64. The van der Waals surface area contributed by atoms with Crippen molar-refractivity contribution in [3.05, 3.63) is 48.4 Å². The normalized spacial score (nSPS) is 15.2. The van der Waals surface area contributed by atoms with Gasteiger partial charge >= 0.3 is 0 Å². The Bertz CT molecular complexity index is 917. The molecule has 1 aromatic carbocycles. The lowest BCUT2D eigenvalue weighted by Crippen LogP contribution is -2.36. The molecule has 2 aromatic heterocycles. The van der Waals surface area contributed by atoms with Crippen molar-refractivity contribution in [1.29, 1.82) is 0 Å². The van der Waals surface area contributed by atoms with E-state index in [9.17, 15) is 4.79 Å². The van der Waals surface area contributed by atoms with Crippen molar-refractivity contribution in [2.45, 2.75) is 32.2 Å². The summed E-state index contributed by atoms with van der Waals surface area (Å²) in [6.07, 6.45) is 5.22. The lowest BCUT2D eigenvalue weighted by molar-refractivity contribution is -0.129. The maximum atomic E-state index is 11.6. The average molecular weight is 365 g/mol. The van der Waals surface area contributed by atoms with Crippen LogP contribution in [0.2, 0.25) is 0 Å². The molecule has 0 spiro atoms. The van der Waals surface area contributed by atoms with E-state index in [4.69, 9.17) is 9.84 Å². The second-order valence-electron chi connectivity index (χ2n) is 6.78. The van der Waals surface area contributed by atoms with Crippen molar-refractivity contribution < 1.29 is 9.53 Å². The molecule has 1 saturated heterocycles. The maximum Gasteiger partial charge on any atom is 0.219 e. The number of likely N-dealkylation sites (tertiary alicyclic amines) is 1. The third kappa shape index (κ3) is 3.77. The number of benzene rings is 1. The number of hydrogen-bond donors (Lipinski definition) is 0. The van der Waals surface area contributed by atoms with Gasteiger partial charge in [-0.1, -0.05) is 18.2 Å². The van der Waals surface area contributed by atoms with E-state index in [2.05, 4.69) is 9.97 Å². The van der Waals surface area contributed by atoms with E-state index in [1.807, 2.05) is 39.9 Å². The fraction of sp³-hybridized carbons (Fsp3) is 0.400. The zero-order valence-corrected chi connectivity index (χ0v) is 15.4. The fourth-order valence-electron chi connectivity index (χ4n) is 3.59. The number of amides is 1. The highest BCUT2D eigenvalue weighted by Gasteiger charge is 2.27. The van der Waals surface area contributed by atoms with Crippen molar-refractivity contribution in [3.8, 4) is 5.75 Å². The fourth-order valence-corrected chi connectivity index (χ4v) is 3.59. The predicted octanol–water partition coefficient (Wildman–Crippen LogP) is 2.63. The smallest absolute Gasteiger partial charge is 0.219 e. The topological polar surface area (TPSA) is 73.1 Å². The standard InChI is InChI=1S/C20H23N5O2/c1-15(26)24-11-7-16(8-12-24)18-19-20(22-10-9-21-19)25(23-18)13-14-27-17-5-3-2-4-6-17/h2-6,9-10,16H,7-8,11-14H2,1H3. The van der Waals surface area contributed by atoms with Gasteiger partial charge < -0.3 is 9.64 Å². The minimum Gasteiger partial charge on any atom is -0.492 e. The molecule has 1 fully saturated rings. The Morgan fingerprint density at radius 3 is 2.63 bits per heavy atom. The van der Waals surface area contributed by atoms with E-state index in [1.54, 1.807) is 19.3 Å². The van der Waals surface area contributed by atoms with Crippen LogP contribution in [0.15, 0.2) is 42.7 Å². The van der Waals surface area contributed by atoms with Gasteiger partial charge in [-0.2, -0.15) is 5.10 Å². The summed E-state index contributed by atoms with van der Waals surface area (Å²) >= 11 is 0. The number of fused-ring (bicyclic) bond motifs is 1. The van der Waals surface area contributed by atoms with Crippen LogP contribution in [0.25, 0.3) is 11.2 Å². The first-order valence-electron chi connectivity index (χ1n) is 9.33. The van der Waals surface area contributed by atoms with Crippen molar-refractivity contribution in [2.24, 2.45) is 0 Å². The number of nitrogens with zero attached hydrogens (tertiary/aromatic N) is 5. The number of hydrogen-bond acceptors (Lipinski definition) is 5. The zero-order valence-electron chi connectivity index (χ0n) is 15.4. The molecule has 7 nitrogen and oxygen atoms in total. The molecule has 4 rings (SSSR count). The van der Waals surface area contributed by atoms with Gasteiger partial charge in [0.05, 0.1) is 12.2 Å². The minimum atomic E-state index is 0.140. The van der Waals surface area contributed by atoms with Crippen LogP contribution in [0.5, 0.6) is 5.75 Å². The second-order valence-corrected chi connectivity index (χ2v) is 6.78. The Morgan fingerprint density at radius 1 is 1.15 bits per heavy atom. The van der Waals surface area contributed by atoms with Crippen LogP contribution in [0.4, 0.5) is 0 Å². The number of para-hydroxylation sites is 1. The summed E-state index contributed by atoms with van der Waals surface area (Å²) in [6.45, 7) is 4.29. The van der Waals surface area contributed by atoms with Crippen molar-refractivity contribution >= 4 is 17.1 Å². The molecule has 3 aromatic rings. The number of carbonyl (C=O) groups excluding carboxylic acids is 1. The lowest BCUT2D eigenvalue weighted by atomic mass is 9.93. The molecule has 0 atom stereocenters. The zero-order chi connectivity index (χ0) is 18.6. The highest BCUT2D eigenvalue weighted by atomic mass is 16.5. The summed E-state index contributed by atoms with van der Waals surface area (Å²) in [4.78, 5) is 22.5. The Balaban J connectivity index is 1.50. The Morgan fingerprint density at radius 2 is 1.89 bits per heavy atom. The maximum absolute atomic E-state index is 11.6. The first-order chi connectivity index (χ1) is 13.2. The third-order valence-electron chi connectivity index (χ3n) is 5.04. The monoisotopic (exact) mass is 365 g/mol. The van der Waals surface area contributed by atoms with Crippen LogP contribution >= 0.6 is 0 Å². The number of rotatable bonds is 5. The predicted molar refractivity (Wildman–Crippen MR) is 101 cm³/mol. The molecule has 27 heavy (non-hydrogen) atoms. The Kier molecular flexibility index (Phi) is 5.00. The molecule has 0 unspecified atom stereocenters. The van der Waals surface area contributed by atoms with E-state index in [0.717, 1.165) is 48.5 Å². The van der Waals surface area contributed by atoms with E-state index in [1.165, 1.54) is 0 Å². The Labute approximate surface area is 158 Å². The SMILES string of the molecule is CC(=O)N1CCC(c2nn(CCOc3ccccc3)c3nccnc23)CC1. The summed E-state index contributed by atoms with van der Waals surface area (Å²) in [7, 11) is 0. The van der Waals surface area contributed by atoms with Gasteiger partial charge in [0.2, 0.25) is 5.91 Å². The number of ether oxygens (including phenoxy) is 1. The van der Waals surface area contributed by atoms with E-state index >= 15 is 0 Å². The highest BCUT2D eigenvalue weighted by Crippen LogP contribution is 2.31. The van der Waals surface area contributed by atoms with Crippen LogP contribution in [-0.2, 0) is 11.3 Å². The molecule has 1 amide bonds. The highest BCUT2D eigenvalue weighted by molar-refractivity contribution is 5.74. The molecule has 0 radical (unpaired) electrons. The van der Waals surface area contributed by atoms with Crippen molar-refractivity contribution in [2.75, 3.05) is 19.7 Å². The first-order valence-corrected chi connectivity index (χ1v) is 9.33. The Hall–Kier alpha value is -2.96. The molecule has 0 bridgehead atoms. The molecule has 1 aliphatic rings. The van der Waals surface area contributed by atoms with Crippen LogP contribution in [0, 0.1) is 0 Å². The summed E-state index contributed by atoms with van der Waals surface area (Å²) in [5, 5.41) is 4.82. The van der Waals surface area contributed by atoms with Gasteiger partial charge in [0.25, 0.3) is 0 Å². The molecule has 3 heterocycles. The average Bonchev–Trinajstić information content (AvgIpc) is 3.08. The number of carbonyl (C=O) groups is 1. The second kappa shape index (κ2) is 7.73. The molecular formula is C20H23N5O2. The molecule has 140 valence electrons. The number of piperidine rings is 1. The van der Waals surface area contributed by atoms with Gasteiger partial charge in [0, 0.05) is 38.3 Å². The van der Waals surface area contributed by atoms with Gasteiger partial charge in [0.15, 0.2) is 5.65 Å². The molecule has 0 aliphatic carbocycles. The van der Waals surface area contributed by atoms with Gasteiger partial charge in [-0.15, -0.1) is 0 Å². The molecule has 0 saturated carbocycles. The largest absolute Gasteiger partial charge is 0.492 e. The van der Waals surface area contributed by atoms with Gasteiger partial charge in [0.1, 0.15) is 17.9 Å². The first kappa shape index (κ1) is 17.5. The third-order valence-corrected chi connectivity index (χ3v) is 5.04. The minimum absolute atomic E-state index is 0.140. The van der Waals surface area contributed by atoms with Crippen LogP contribution in [0.3, 0.4) is 0 Å². The van der Waals surface area contributed by atoms with Gasteiger partial charge in [-0.05, 0) is 25.0 Å². The van der Waals surface area contributed by atoms with E-state index in [0.29, 0.717) is 19.1 Å². The van der Waals surface area contributed by atoms with Gasteiger partial charge in [-0.25, -0.2) is 14.6 Å². The lowest BCUT2D eigenvalue weighted by Gasteiger charge is -2.30. The van der Waals surface area contributed by atoms with E-state index < -0.39 is 0 Å². The molecular weight excluding hydrogens is 342 g/mol. The van der Waals surface area contributed by atoms with Crippen LogP contribution < -0.4 is 4.74 Å².